The minimum atomic E-state index is -5.03. The van der Waals surface area contributed by atoms with E-state index in [0.717, 1.165) is 6.26 Å². The minimum Gasteiger partial charge on any atom is -0.399 e. The topological polar surface area (TPSA) is 61.8 Å². The number of halogens is 6. The average molecular weight is 324 g/mol. The van der Waals surface area contributed by atoms with Crippen LogP contribution in [0, 0.1) is 0 Å². The number of rotatable bonds is 8. The molecule has 0 bridgehead atoms. The smallest absolute Gasteiger partial charge is 0.399 e. The fourth-order valence-electron chi connectivity index (χ4n) is 0.998. The average Bonchev–Trinajstić information content (AvgIpc) is 2.71. The molecule has 0 saturated heterocycles. The van der Waals surface area contributed by atoms with Crippen molar-refractivity contribution in [2.45, 2.75) is 31.5 Å². The Kier molecular flexibility index (Phi) is 5.10. The summed E-state index contributed by atoms with van der Waals surface area (Å²) < 4.78 is 92.3. The molecule has 11 heteroatoms. The van der Waals surface area contributed by atoms with Gasteiger partial charge >= 0.3 is 17.9 Å². The molecule has 0 atom stereocenters. The first kappa shape index (κ1) is 17.6. The monoisotopic (exact) mass is 324 g/mol. The molecule has 1 heterocycles. The number of alkyl halides is 6. The molecule has 1 rings (SSSR count). The van der Waals surface area contributed by atoms with E-state index in [9.17, 15) is 31.1 Å². The summed E-state index contributed by atoms with van der Waals surface area (Å²) in [6.45, 7) is -4.14. The lowest BCUT2D eigenvalue weighted by molar-refractivity contribution is -0.355. The molecule has 0 unspecified atom stereocenters. The van der Waals surface area contributed by atoms with Crippen LogP contribution < -0.4 is 5.82 Å². The lowest BCUT2D eigenvalue weighted by Gasteiger charge is -2.25. The summed E-state index contributed by atoms with van der Waals surface area (Å²) in [5.74, 6) is -9.83. The molecular weight excluding hydrogens is 314 g/mol. The molecule has 0 saturated carbocycles. The van der Waals surface area contributed by atoms with Crippen molar-refractivity contribution >= 4 is 0 Å². The van der Waals surface area contributed by atoms with Gasteiger partial charge in [-0.3, -0.25) is 0 Å². The highest BCUT2D eigenvalue weighted by Gasteiger charge is 2.55. The van der Waals surface area contributed by atoms with Gasteiger partial charge in [-0.25, -0.2) is 13.6 Å². The van der Waals surface area contributed by atoms with E-state index in [2.05, 4.69) is 18.3 Å². The summed E-state index contributed by atoms with van der Waals surface area (Å²) >= 11 is 0. The second kappa shape index (κ2) is 6.10. The van der Waals surface area contributed by atoms with Crippen LogP contribution in [0.4, 0.5) is 26.3 Å². The highest BCUT2D eigenvalue weighted by atomic mass is 19.3. The van der Waals surface area contributed by atoms with E-state index < -0.39 is 43.6 Å². The third-order valence-corrected chi connectivity index (χ3v) is 2.03. The Morgan fingerprint density at radius 2 is 1.76 bits per heavy atom. The van der Waals surface area contributed by atoms with Gasteiger partial charge in [0, 0.05) is 6.92 Å². The minimum absolute atomic E-state index is 0.164. The van der Waals surface area contributed by atoms with E-state index in [4.69, 9.17) is 0 Å². The molecule has 5 nitrogen and oxygen atoms in total. The van der Waals surface area contributed by atoms with Gasteiger partial charge < -0.3 is 18.3 Å². The fraction of sp³-hybridized carbons (Fsp3) is 0.700. The molecule has 0 aliphatic rings. The second-order valence-corrected chi connectivity index (χ2v) is 4.10. The van der Waals surface area contributed by atoms with Gasteiger partial charge in [0.1, 0.15) is 26.1 Å². The number of ether oxygens (including phenoxy) is 2. The summed E-state index contributed by atoms with van der Waals surface area (Å²) in [6, 6.07) is 0. The normalized spacial score (nSPS) is 13.7. The molecule has 0 fully saturated rings. The Morgan fingerprint density at radius 3 is 2.24 bits per heavy atom. The Labute approximate surface area is 113 Å². The van der Waals surface area contributed by atoms with Crippen LogP contribution in [0.2, 0.25) is 0 Å². The largest absolute Gasteiger partial charge is 0.518 e. The Morgan fingerprint density at radius 1 is 1.14 bits per heavy atom. The molecule has 122 valence electrons. The first-order valence-electron chi connectivity index (χ1n) is 5.36. The third-order valence-electron chi connectivity index (χ3n) is 2.03. The molecule has 0 aliphatic heterocycles. The van der Waals surface area contributed by atoms with E-state index in [0.29, 0.717) is 0 Å². The first-order valence-corrected chi connectivity index (χ1v) is 5.36. The van der Waals surface area contributed by atoms with E-state index in [1.165, 1.54) is 0 Å². The van der Waals surface area contributed by atoms with Gasteiger partial charge in [-0.05, 0) is 0 Å². The fourth-order valence-corrected chi connectivity index (χ4v) is 0.998. The molecule has 0 aromatic carbocycles. The number of hydrogen-bond acceptors (Lipinski definition) is 5. The van der Waals surface area contributed by atoms with Crippen molar-refractivity contribution in [1.29, 1.82) is 0 Å². The standard InChI is InChI=1S/C10H10F6O5/c1-8(11,12)10(15,16)20-5-9(13,14)4-18-2-6-3-19-7(17)21-6/h3H,2,4-5H2,1H3. The zero-order valence-electron chi connectivity index (χ0n) is 10.5. The van der Waals surface area contributed by atoms with Gasteiger partial charge in [-0.2, -0.15) is 17.6 Å². The maximum Gasteiger partial charge on any atom is 0.518 e. The van der Waals surface area contributed by atoms with Crippen molar-refractivity contribution in [2.24, 2.45) is 0 Å². The van der Waals surface area contributed by atoms with Crippen LogP contribution in [0.5, 0.6) is 0 Å². The highest BCUT2D eigenvalue weighted by Crippen LogP contribution is 2.35. The van der Waals surface area contributed by atoms with Crippen LogP contribution >= 0.6 is 0 Å². The van der Waals surface area contributed by atoms with Crippen LogP contribution in [0.25, 0.3) is 0 Å². The highest BCUT2D eigenvalue weighted by molar-refractivity contribution is 4.82. The van der Waals surface area contributed by atoms with Gasteiger partial charge in [-0.1, -0.05) is 0 Å². The van der Waals surface area contributed by atoms with Gasteiger partial charge in [0.05, 0.1) is 0 Å². The molecule has 1 aromatic heterocycles. The van der Waals surface area contributed by atoms with E-state index in [-0.39, 0.29) is 12.7 Å². The first-order chi connectivity index (χ1) is 9.43. The molecule has 0 amide bonds. The van der Waals surface area contributed by atoms with Crippen molar-refractivity contribution in [1.82, 2.24) is 0 Å². The van der Waals surface area contributed by atoms with E-state index >= 15 is 0 Å². The van der Waals surface area contributed by atoms with Crippen LogP contribution in [-0.4, -0.2) is 31.2 Å². The molecule has 0 N–H and O–H groups in total. The van der Waals surface area contributed by atoms with Gasteiger partial charge in [0.2, 0.25) is 0 Å². The second-order valence-electron chi connectivity index (χ2n) is 4.10. The Bertz CT molecular complexity index is 503. The lowest BCUT2D eigenvalue weighted by atomic mass is 10.3. The van der Waals surface area contributed by atoms with Crippen LogP contribution in [0.15, 0.2) is 19.9 Å². The summed E-state index contributed by atoms with van der Waals surface area (Å²) in [4.78, 5) is 10.4. The Hall–Kier alpha value is -1.49. The van der Waals surface area contributed by atoms with Gasteiger partial charge in [0.25, 0.3) is 5.92 Å². The quantitative estimate of drug-likeness (QED) is 0.688. The molecule has 21 heavy (non-hydrogen) atoms. The molecule has 0 aliphatic carbocycles. The van der Waals surface area contributed by atoms with Crippen molar-refractivity contribution in [3.05, 3.63) is 22.6 Å². The van der Waals surface area contributed by atoms with Gasteiger partial charge in [0.15, 0.2) is 5.76 Å². The predicted molar refractivity (Wildman–Crippen MR) is 53.4 cm³/mol. The van der Waals surface area contributed by atoms with Gasteiger partial charge in [-0.15, -0.1) is 0 Å². The van der Waals surface area contributed by atoms with Crippen molar-refractivity contribution in [3.8, 4) is 0 Å². The molecule has 0 radical (unpaired) electrons. The maximum absolute atomic E-state index is 13.1. The zero-order chi connectivity index (χ0) is 16.3. The zero-order valence-corrected chi connectivity index (χ0v) is 10.5. The molecule has 1 aromatic rings. The summed E-state index contributed by atoms with van der Waals surface area (Å²) in [5, 5.41) is 0. The van der Waals surface area contributed by atoms with Crippen molar-refractivity contribution in [2.75, 3.05) is 13.2 Å². The molecular formula is C10H10F6O5. The SMILES string of the molecule is CC(F)(F)C(F)(F)OCC(F)(F)COCc1coc(=O)o1. The predicted octanol–water partition coefficient (Wildman–Crippen LogP) is 2.65. The Balaban J connectivity index is 2.41. The van der Waals surface area contributed by atoms with Crippen LogP contribution in [-0.2, 0) is 16.1 Å². The lowest BCUT2D eigenvalue weighted by Crippen LogP contribution is -2.44. The van der Waals surface area contributed by atoms with Crippen molar-refractivity contribution < 1.29 is 44.7 Å². The third kappa shape index (κ3) is 5.42. The van der Waals surface area contributed by atoms with Crippen molar-refractivity contribution in [3.63, 3.8) is 0 Å². The van der Waals surface area contributed by atoms with Crippen LogP contribution in [0.3, 0.4) is 0 Å². The van der Waals surface area contributed by atoms with Crippen LogP contribution in [0.1, 0.15) is 12.7 Å². The molecule has 0 spiro atoms. The van der Waals surface area contributed by atoms with E-state index in [1.807, 2.05) is 0 Å². The summed E-state index contributed by atoms with van der Waals surface area (Å²) in [5.41, 5.74) is 0. The summed E-state index contributed by atoms with van der Waals surface area (Å²) in [7, 11) is 0. The number of hydrogen-bond donors (Lipinski definition) is 0. The summed E-state index contributed by atoms with van der Waals surface area (Å²) in [6.07, 6.45) is -4.23. The maximum atomic E-state index is 13.1. The van der Waals surface area contributed by atoms with E-state index in [1.54, 1.807) is 0 Å².